The summed E-state index contributed by atoms with van der Waals surface area (Å²) in [5, 5.41) is 14.0. The van der Waals surface area contributed by atoms with Crippen molar-refractivity contribution in [3.05, 3.63) is 81.8 Å². The summed E-state index contributed by atoms with van der Waals surface area (Å²) >= 11 is 1.71. The first-order valence-electron chi connectivity index (χ1n) is 12.7. The third-order valence-electron chi connectivity index (χ3n) is 6.93. The van der Waals surface area contributed by atoms with E-state index in [4.69, 9.17) is 4.98 Å². The van der Waals surface area contributed by atoms with Gasteiger partial charge < -0.3 is 15.3 Å². The maximum Gasteiger partial charge on any atom is 0.264 e. The summed E-state index contributed by atoms with van der Waals surface area (Å²) in [7, 11) is 0. The predicted molar refractivity (Wildman–Crippen MR) is 142 cm³/mol. The Balaban J connectivity index is 1.23. The van der Waals surface area contributed by atoms with Crippen LogP contribution in [0.4, 0.5) is 0 Å². The molecule has 1 fully saturated rings. The van der Waals surface area contributed by atoms with E-state index in [1.807, 2.05) is 42.5 Å². The Labute approximate surface area is 215 Å². The summed E-state index contributed by atoms with van der Waals surface area (Å²) in [6.45, 7) is 2.25. The number of rotatable bonds is 9. The number of amides is 1. The van der Waals surface area contributed by atoms with Crippen molar-refractivity contribution < 1.29 is 9.90 Å². The number of phenolic OH excluding ortho intramolecular Hbond substituents is 1. The van der Waals surface area contributed by atoms with E-state index < -0.39 is 0 Å². The van der Waals surface area contributed by atoms with Crippen LogP contribution in [0.25, 0.3) is 5.69 Å². The summed E-state index contributed by atoms with van der Waals surface area (Å²) in [6.07, 6.45) is 5.40. The van der Waals surface area contributed by atoms with Crippen LogP contribution in [0.3, 0.4) is 0 Å². The molecule has 5 rings (SSSR count). The Morgan fingerprint density at radius 2 is 1.86 bits per heavy atom. The number of para-hydroxylation sites is 1. The lowest BCUT2D eigenvalue weighted by atomic mass is 10.0. The zero-order chi connectivity index (χ0) is 24.9. The lowest BCUT2D eigenvalue weighted by Gasteiger charge is -2.30. The summed E-state index contributed by atoms with van der Waals surface area (Å²) in [4.78, 5) is 33.4. The zero-order valence-electron chi connectivity index (χ0n) is 20.4. The number of aromatic hydroxyl groups is 1. The quantitative estimate of drug-likeness (QED) is 0.341. The number of nitrogens with one attached hydrogen (secondary N) is 1. The first-order chi connectivity index (χ1) is 17.6. The van der Waals surface area contributed by atoms with E-state index in [2.05, 4.69) is 5.32 Å². The Morgan fingerprint density at radius 1 is 1.08 bits per heavy atom. The van der Waals surface area contributed by atoms with Crippen LogP contribution in [0, 0.1) is 0 Å². The number of nitrogens with zero attached hydrogens (tertiary/aromatic N) is 3. The van der Waals surface area contributed by atoms with Gasteiger partial charge in [-0.15, -0.1) is 0 Å². The minimum absolute atomic E-state index is 0.0522. The molecule has 0 spiro atoms. The molecule has 0 saturated heterocycles. The number of fused-ring (bicyclic) bond motifs is 1. The second-order valence-corrected chi connectivity index (χ2v) is 10.7. The van der Waals surface area contributed by atoms with Gasteiger partial charge in [0.2, 0.25) is 5.91 Å². The van der Waals surface area contributed by atoms with Crippen LogP contribution in [0.2, 0.25) is 0 Å². The largest absolute Gasteiger partial charge is 0.508 e. The number of carbonyl (C=O) groups is 1. The highest BCUT2D eigenvalue weighted by molar-refractivity contribution is 7.99. The second-order valence-electron chi connectivity index (χ2n) is 9.45. The summed E-state index contributed by atoms with van der Waals surface area (Å²) in [5.41, 5.74) is 3.37. The molecule has 0 atom stereocenters. The molecular weight excluding hydrogens is 472 g/mol. The molecule has 188 valence electrons. The van der Waals surface area contributed by atoms with Gasteiger partial charge in [0.1, 0.15) is 5.75 Å². The van der Waals surface area contributed by atoms with Gasteiger partial charge >= 0.3 is 0 Å². The smallest absolute Gasteiger partial charge is 0.264 e. The number of phenols is 1. The van der Waals surface area contributed by atoms with Gasteiger partial charge in [-0.3, -0.25) is 14.2 Å². The molecule has 3 aromatic rings. The first-order valence-corrected chi connectivity index (χ1v) is 13.6. The van der Waals surface area contributed by atoms with E-state index in [-0.39, 0.29) is 17.2 Å². The predicted octanol–water partition coefficient (Wildman–Crippen LogP) is 3.69. The molecule has 8 heteroatoms. The Kier molecular flexibility index (Phi) is 7.72. The molecule has 1 aliphatic heterocycles. The van der Waals surface area contributed by atoms with Crippen LogP contribution in [0.1, 0.15) is 42.5 Å². The SMILES string of the molecule is O=C(CCNCCc1ccc(O)cc1)N1CCc2nc(SC3CCC3)n(-c3ccccc3)c(=O)c2C1. The van der Waals surface area contributed by atoms with Crippen LogP contribution in [-0.2, 0) is 24.2 Å². The van der Waals surface area contributed by atoms with Crippen molar-refractivity contribution in [1.82, 2.24) is 19.8 Å². The Morgan fingerprint density at radius 3 is 2.58 bits per heavy atom. The molecule has 2 aliphatic rings. The maximum atomic E-state index is 13.7. The number of benzene rings is 2. The van der Waals surface area contributed by atoms with Gasteiger partial charge in [-0.2, -0.15) is 0 Å². The molecule has 2 aromatic carbocycles. The van der Waals surface area contributed by atoms with E-state index >= 15 is 0 Å². The fourth-order valence-corrected chi connectivity index (χ4v) is 5.89. The average molecular weight is 505 g/mol. The van der Waals surface area contributed by atoms with Crippen molar-refractivity contribution >= 4 is 17.7 Å². The number of carbonyl (C=O) groups excluding carboxylic acids is 1. The van der Waals surface area contributed by atoms with Crippen molar-refractivity contribution in [3.63, 3.8) is 0 Å². The highest BCUT2D eigenvalue weighted by atomic mass is 32.2. The standard InChI is InChI=1S/C28H32N4O3S/c33-22-11-9-20(10-12-22)13-16-29-17-14-26(34)31-18-15-25-24(19-31)27(35)32(21-5-2-1-3-6-21)28(30-25)36-23-7-4-8-23/h1-3,5-6,9-12,23,29,33H,4,7-8,13-19H2. The maximum absolute atomic E-state index is 13.7. The average Bonchev–Trinajstić information content (AvgIpc) is 2.87. The van der Waals surface area contributed by atoms with E-state index in [1.165, 1.54) is 6.42 Å². The molecule has 7 nitrogen and oxygen atoms in total. The molecule has 2 N–H and O–H groups in total. The minimum Gasteiger partial charge on any atom is -0.508 e. The lowest BCUT2D eigenvalue weighted by Crippen LogP contribution is -2.42. The Hall–Kier alpha value is -3.10. The molecule has 36 heavy (non-hydrogen) atoms. The second kappa shape index (κ2) is 11.3. The van der Waals surface area contributed by atoms with Gasteiger partial charge in [0.15, 0.2) is 5.16 Å². The van der Waals surface area contributed by atoms with Crippen molar-refractivity contribution in [1.29, 1.82) is 0 Å². The van der Waals surface area contributed by atoms with Gasteiger partial charge in [0, 0.05) is 31.2 Å². The van der Waals surface area contributed by atoms with Crippen LogP contribution < -0.4 is 10.9 Å². The molecule has 1 aliphatic carbocycles. The number of aromatic nitrogens is 2. The number of hydrogen-bond acceptors (Lipinski definition) is 6. The van der Waals surface area contributed by atoms with Crippen molar-refractivity contribution in [2.24, 2.45) is 0 Å². The van der Waals surface area contributed by atoms with Gasteiger partial charge in [0.25, 0.3) is 5.56 Å². The molecule has 2 heterocycles. The van der Waals surface area contributed by atoms with Gasteiger partial charge in [-0.1, -0.05) is 48.5 Å². The first kappa shape index (κ1) is 24.6. The van der Waals surface area contributed by atoms with Crippen molar-refractivity contribution in [2.45, 2.75) is 55.5 Å². The molecule has 1 amide bonds. The molecular formula is C28H32N4O3S. The number of thioether (sulfide) groups is 1. The lowest BCUT2D eigenvalue weighted by molar-refractivity contribution is -0.132. The van der Waals surface area contributed by atoms with E-state index in [1.54, 1.807) is 33.4 Å². The summed E-state index contributed by atoms with van der Waals surface area (Å²) < 4.78 is 1.74. The molecule has 0 radical (unpaired) electrons. The van der Waals surface area contributed by atoms with Gasteiger partial charge in [0.05, 0.1) is 23.5 Å². The molecule has 1 aromatic heterocycles. The minimum atomic E-state index is -0.0578. The third kappa shape index (κ3) is 5.65. The molecule has 0 bridgehead atoms. The normalized spacial score (nSPS) is 15.4. The van der Waals surface area contributed by atoms with Crippen LogP contribution >= 0.6 is 11.8 Å². The van der Waals surface area contributed by atoms with Crippen LogP contribution in [-0.4, -0.2) is 50.3 Å². The summed E-state index contributed by atoms with van der Waals surface area (Å²) in [6, 6.07) is 16.9. The Bertz CT molecular complexity index is 1260. The fraction of sp³-hybridized carbons (Fsp3) is 0.393. The highest BCUT2D eigenvalue weighted by Crippen LogP contribution is 2.36. The van der Waals surface area contributed by atoms with E-state index in [9.17, 15) is 14.7 Å². The highest BCUT2D eigenvalue weighted by Gasteiger charge is 2.28. The van der Waals surface area contributed by atoms with Crippen LogP contribution in [0.15, 0.2) is 64.5 Å². The summed E-state index contributed by atoms with van der Waals surface area (Å²) in [5.74, 6) is 0.316. The fourth-order valence-electron chi connectivity index (χ4n) is 4.56. The van der Waals surface area contributed by atoms with Crippen molar-refractivity contribution in [2.75, 3.05) is 19.6 Å². The van der Waals surface area contributed by atoms with Gasteiger partial charge in [-0.25, -0.2) is 4.98 Å². The van der Waals surface area contributed by atoms with E-state index in [0.717, 1.165) is 47.9 Å². The number of hydrogen-bond donors (Lipinski definition) is 2. The monoisotopic (exact) mass is 504 g/mol. The zero-order valence-corrected chi connectivity index (χ0v) is 21.2. The molecule has 0 unspecified atom stereocenters. The topological polar surface area (TPSA) is 87.5 Å². The van der Waals surface area contributed by atoms with Crippen molar-refractivity contribution in [3.8, 4) is 11.4 Å². The van der Waals surface area contributed by atoms with E-state index in [0.29, 0.717) is 43.3 Å². The van der Waals surface area contributed by atoms with Crippen LogP contribution in [0.5, 0.6) is 5.75 Å². The third-order valence-corrected chi connectivity index (χ3v) is 8.22. The van der Waals surface area contributed by atoms with Gasteiger partial charge in [-0.05, 0) is 55.6 Å². The molecule has 1 saturated carbocycles.